The molecule has 3 heterocycles. The van der Waals surface area contributed by atoms with Gasteiger partial charge in [0.1, 0.15) is 16.5 Å². The number of nitrogens with zero attached hydrogens (tertiary/aromatic N) is 5. The summed E-state index contributed by atoms with van der Waals surface area (Å²) in [6.45, 7) is 2.30. The normalized spacial score (nSPS) is 11.0. The standard InChI is InChI=1S/C18H18N6OS/c1-11-20-16(19-10-15-22-18(23-25-15)24(2)3)13-9-14(26-17(13)21-11)12-7-5-4-6-8-12/h4-9H,10H2,1-3H3,(H,19,20,21). The van der Waals surface area contributed by atoms with E-state index in [1.165, 1.54) is 5.56 Å². The molecular formula is C18H18N6OS. The summed E-state index contributed by atoms with van der Waals surface area (Å²) in [7, 11) is 3.74. The van der Waals surface area contributed by atoms with Crippen LogP contribution in [0.4, 0.5) is 11.8 Å². The molecule has 0 saturated heterocycles. The SMILES string of the molecule is Cc1nc(NCc2nc(N(C)C)no2)c2cc(-c3ccccc3)sc2n1. The topological polar surface area (TPSA) is 80.0 Å². The van der Waals surface area contributed by atoms with Crippen molar-refractivity contribution in [1.29, 1.82) is 0 Å². The van der Waals surface area contributed by atoms with E-state index in [2.05, 4.69) is 43.6 Å². The maximum atomic E-state index is 5.26. The first-order chi connectivity index (χ1) is 12.6. The first-order valence-electron chi connectivity index (χ1n) is 8.17. The van der Waals surface area contributed by atoms with Gasteiger partial charge >= 0.3 is 0 Å². The van der Waals surface area contributed by atoms with Crippen LogP contribution in [0.3, 0.4) is 0 Å². The van der Waals surface area contributed by atoms with Crippen LogP contribution in [0.5, 0.6) is 0 Å². The number of fused-ring (bicyclic) bond motifs is 1. The second-order valence-corrected chi connectivity index (χ2v) is 7.08. The van der Waals surface area contributed by atoms with Gasteiger partial charge in [0.15, 0.2) is 0 Å². The Hall–Kier alpha value is -3.00. The Morgan fingerprint density at radius 1 is 1.12 bits per heavy atom. The van der Waals surface area contributed by atoms with Gasteiger partial charge in [0.05, 0.1) is 11.9 Å². The first-order valence-corrected chi connectivity index (χ1v) is 8.99. The second-order valence-electron chi connectivity index (χ2n) is 6.05. The van der Waals surface area contributed by atoms with E-state index in [0.717, 1.165) is 26.7 Å². The van der Waals surface area contributed by atoms with Crippen LogP contribution >= 0.6 is 11.3 Å². The van der Waals surface area contributed by atoms with E-state index in [1.54, 1.807) is 16.2 Å². The Kier molecular flexibility index (Phi) is 4.26. The predicted molar refractivity (Wildman–Crippen MR) is 104 cm³/mol. The highest BCUT2D eigenvalue weighted by Crippen LogP contribution is 2.35. The molecule has 0 aliphatic carbocycles. The quantitative estimate of drug-likeness (QED) is 0.576. The van der Waals surface area contributed by atoms with E-state index in [9.17, 15) is 0 Å². The number of benzene rings is 1. The first kappa shape index (κ1) is 16.5. The Morgan fingerprint density at radius 3 is 2.65 bits per heavy atom. The van der Waals surface area contributed by atoms with Crippen LogP contribution in [-0.2, 0) is 6.54 Å². The zero-order chi connectivity index (χ0) is 18.1. The van der Waals surface area contributed by atoms with Crippen LogP contribution in [0.1, 0.15) is 11.7 Å². The average Bonchev–Trinajstić information content (AvgIpc) is 3.27. The minimum atomic E-state index is 0.406. The molecule has 0 aliphatic rings. The summed E-state index contributed by atoms with van der Waals surface area (Å²) in [6, 6.07) is 12.4. The maximum Gasteiger partial charge on any atom is 0.265 e. The van der Waals surface area contributed by atoms with Gasteiger partial charge in [0.2, 0.25) is 5.89 Å². The highest BCUT2D eigenvalue weighted by molar-refractivity contribution is 7.21. The predicted octanol–water partition coefficient (Wildman–Crippen LogP) is 3.73. The molecule has 0 bridgehead atoms. The number of hydrogen-bond donors (Lipinski definition) is 1. The van der Waals surface area contributed by atoms with Crippen LogP contribution < -0.4 is 10.2 Å². The van der Waals surface area contributed by atoms with Gasteiger partial charge in [-0.1, -0.05) is 30.3 Å². The van der Waals surface area contributed by atoms with Gasteiger partial charge in [-0.15, -0.1) is 11.3 Å². The van der Waals surface area contributed by atoms with Gasteiger partial charge in [-0.2, -0.15) is 4.98 Å². The lowest BCUT2D eigenvalue weighted by molar-refractivity contribution is 0.383. The molecule has 26 heavy (non-hydrogen) atoms. The number of thiophene rings is 1. The monoisotopic (exact) mass is 366 g/mol. The Morgan fingerprint density at radius 2 is 1.92 bits per heavy atom. The summed E-state index contributed by atoms with van der Waals surface area (Å²) in [5.41, 5.74) is 1.17. The van der Waals surface area contributed by atoms with Gasteiger partial charge in [0, 0.05) is 19.0 Å². The van der Waals surface area contributed by atoms with E-state index < -0.39 is 0 Å². The van der Waals surface area contributed by atoms with Crippen LogP contribution in [0.15, 0.2) is 40.9 Å². The Bertz CT molecular complexity index is 1040. The molecule has 4 aromatic rings. The molecule has 3 aromatic heterocycles. The number of aromatic nitrogens is 4. The number of anilines is 2. The minimum absolute atomic E-state index is 0.406. The fourth-order valence-electron chi connectivity index (χ4n) is 2.57. The molecule has 0 fully saturated rings. The van der Waals surface area contributed by atoms with Crippen LogP contribution in [0, 0.1) is 6.92 Å². The van der Waals surface area contributed by atoms with Gasteiger partial charge < -0.3 is 14.7 Å². The Labute approximate surface area is 154 Å². The van der Waals surface area contributed by atoms with Crippen molar-refractivity contribution in [2.75, 3.05) is 24.3 Å². The number of aryl methyl sites for hydroxylation is 1. The zero-order valence-electron chi connectivity index (χ0n) is 14.7. The molecule has 1 N–H and O–H groups in total. The molecule has 4 rings (SSSR count). The van der Waals surface area contributed by atoms with E-state index in [1.807, 2.05) is 39.2 Å². The molecular weight excluding hydrogens is 348 g/mol. The third kappa shape index (κ3) is 3.23. The van der Waals surface area contributed by atoms with Crippen LogP contribution in [0.25, 0.3) is 20.7 Å². The molecule has 0 radical (unpaired) electrons. The number of hydrogen-bond acceptors (Lipinski definition) is 8. The maximum absolute atomic E-state index is 5.26. The lowest BCUT2D eigenvalue weighted by Gasteiger charge is -2.05. The average molecular weight is 366 g/mol. The van der Waals surface area contributed by atoms with Crippen molar-refractivity contribution in [2.24, 2.45) is 0 Å². The van der Waals surface area contributed by atoms with Gasteiger partial charge in [-0.05, 0) is 23.7 Å². The summed E-state index contributed by atoms with van der Waals surface area (Å²) in [5, 5.41) is 8.22. The fraction of sp³-hybridized carbons (Fsp3) is 0.222. The van der Waals surface area contributed by atoms with E-state index in [0.29, 0.717) is 18.4 Å². The Balaban J connectivity index is 1.64. The smallest absolute Gasteiger partial charge is 0.265 e. The zero-order valence-corrected chi connectivity index (χ0v) is 15.5. The summed E-state index contributed by atoms with van der Waals surface area (Å²) in [4.78, 5) is 17.4. The van der Waals surface area contributed by atoms with Crippen molar-refractivity contribution >= 4 is 33.3 Å². The summed E-state index contributed by atoms with van der Waals surface area (Å²) < 4.78 is 5.26. The van der Waals surface area contributed by atoms with Crippen molar-refractivity contribution in [3.05, 3.63) is 48.1 Å². The van der Waals surface area contributed by atoms with Gasteiger partial charge in [0.25, 0.3) is 5.95 Å². The molecule has 132 valence electrons. The number of nitrogens with one attached hydrogen (secondary N) is 1. The van der Waals surface area contributed by atoms with Crippen molar-refractivity contribution < 1.29 is 4.52 Å². The highest BCUT2D eigenvalue weighted by Gasteiger charge is 2.13. The second kappa shape index (κ2) is 6.72. The van der Waals surface area contributed by atoms with E-state index >= 15 is 0 Å². The fourth-order valence-corrected chi connectivity index (χ4v) is 3.65. The lowest BCUT2D eigenvalue weighted by Crippen LogP contribution is -2.10. The largest absolute Gasteiger partial charge is 0.360 e. The third-order valence-electron chi connectivity index (χ3n) is 3.83. The van der Waals surface area contributed by atoms with Crippen molar-refractivity contribution in [3.8, 4) is 10.4 Å². The van der Waals surface area contributed by atoms with Crippen LogP contribution in [0.2, 0.25) is 0 Å². The molecule has 0 aliphatic heterocycles. The molecule has 1 aromatic carbocycles. The summed E-state index contributed by atoms with van der Waals surface area (Å²) >= 11 is 1.66. The van der Waals surface area contributed by atoms with Crippen LogP contribution in [-0.4, -0.2) is 34.2 Å². The number of rotatable bonds is 5. The van der Waals surface area contributed by atoms with Crippen molar-refractivity contribution in [3.63, 3.8) is 0 Å². The summed E-state index contributed by atoms with van der Waals surface area (Å²) in [5.74, 6) is 2.56. The van der Waals surface area contributed by atoms with Crippen molar-refractivity contribution in [1.82, 2.24) is 20.1 Å². The van der Waals surface area contributed by atoms with Crippen molar-refractivity contribution in [2.45, 2.75) is 13.5 Å². The molecule has 0 saturated carbocycles. The molecule has 7 nitrogen and oxygen atoms in total. The molecule has 8 heteroatoms. The molecule has 0 spiro atoms. The summed E-state index contributed by atoms with van der Waals surface area (Å²) in [6.07, 6.45) is 0. The van der Waals surface area contributed by atoms with E-state index in [4.69, 9.17) is 4.52 Å². The molecule has 0 unspecified atom stereocenters. The molecule has 0 amide bonds. The highest BCUT2D eigenvalue weighted by atomic mass is 32.1. The van der Waals surface area contributed by atoms with E-state index in [-0.39, 0.29) is 0 Å². The van der Waals surface area contributed by atoms with Gasteiger partial charge in [-0.25, -0.2) is 9.97 Å². The van der Waals surface area contributed by atoms with Gasteiger partial charge in [-0.3, -0.25) is 0 Å². The minimum Gasteiger partial charge on any atom is -0.360 e. The lowest BCUT2D eigenvalue weighted by atomic mass is 10.2. The molecule has 0 atom stereocenters. The third-order valence-corrected chi connectivity index (χ3v) is 4.91.